The van der Waals surface area contributed by atoms with Gasteiger partial charge in [0.25, 0.3) is 5.91 Å². The van der Waals surface area contributed by atoms with Gasteiger partial charge < -0.3 is 15.5 Å². The molecule has 4 aromatic heterocycles. The number of hydrogen-bond donors (Lipinski definition) is 2. The molecule has 0 aromatic carbocycles. The molecule has 0 aliphatic carbocycles. The maximum Gasteiger partial charge on any atom is 0.257 e. The largest absolute Gasteiger partial charge is 0.357 e. The van der Waals surface area contributed by atoms with E-state index in [1.807, 2.05) is 31.4 Å². The first-order chi connectivity index (χ1) is 16.6. The van der Waals surface area contributed by atoms with Crippen LogP contribution >= 0.6 is 0 Å². The molecule has 2 saturated heterocycles. The van der Waals surface area contributed by atoms with Gasteiger partial charge in [-0.3, -0.25) is 9.48 Å². The molecule has 9 heteroatoms. The van der Waals surface area contributed by atoms with E-state index in [1.165, 1.54) is 0 Å². The van der Waals surface area contributed by atoms with Gasteiger partial charge in [0.2, 0.25) is 0 Å². The number of hydrogen-bond acceptors (Lipinski definition) is 7. The fraction of sp³-hybridized carbons (Fsp3) is 0.320. The van der Waals surface area contributed by atoms with Crippen molar-refractivity contribution >= 4 is 28.4 Å². The number of aromatic nitrogens is 5. The number of carbonyl (C=O) groups is 1. The fourth-order valence-corrected chi connectivity index (χ4v) is 4.76. The molecule has 0 bridgehead atoms. The highest BCUT2D eigenvalue weighted by molar-refractivity contribution is 6.04. The maximum atomic E-state index is 13.0. The molecular formula is C25H26N8O. The summed E-state index contributed by atoms with van der Waals surface area (Å²) in [7, 11) is 1.88. The number of amides is 1. The van der Waals surface area contributed by atoms with Crippen LogP contribution in [0.15, 0.2) is 55.1 Å². The van der Waals surface area contributed by atoms with E-state index in [0.717, 1.165) is 67.0 Å². The lowest BCUT2D eigenvalue weighted by Gasteiger charge is -2.48. The molecule has 9 nitrogen and oxygen atoms in total. The Morgan fingerprint density at radius 3 is 2.68 bits per heavy atom. The van der Waals surface area contributed by atoms with Crippen LogP contribution < -0.4 is 15.5 Å². The van der Waals surface area contributed by atoms with Gasteiger partial charge in [0.05, 0.1) is 17.4 Å². The molecule has 0 saturated carbocycles. The Bertz CT molecular complexity index is 1370. The third kappa shape index (κ3) is 3.88. The zero-order valence-corrected chi connectivity index (χ0v) is 19.0. The van der Waals surface area contributed by atoms with E-state index in [-0.39, 0.29) is 5.91 Å². The lowest BCUT2D eigenvalue weighted by molar-refractivity contribution is 0.102. The number of carbonyl (C=O) groups excluding carboxylic acids is 1. The van der Waals surface area contributed by atoms with Crippen molar-refractivity contribution in [2.24, 2.45) is 12.5 Å². The number of pyridine rings is 3. The summed E-state index contributed by atoms with van der Waals surface area (Å²) >= 11 is 0. The Labute approximate surface area is 197 Å². The summed E-state index contributed by atoms with van der Waals surface area (Å²) in [6, 6.07) is 9.32. The Morgan fingerprint density at radius 1 is 1.09 bits per heavy atom. The summed E-state index contributed by atoms with van der Waals surface area (Å²) in [5.74, 6) is 1.10. The van der Waals surface area contributed by atoms with E-state index in [0.29, 0.717) is 16.8 Å². The predicted octanol–water partition coefficient (Wildman–Crippen LogP) is 2.87. The van der Waals surface area contributed by atoms with Gasteiger partial charge in [-0.15, -0.1) is 0 Å². The number of rotatable bonds is 4. The SMILES string of the molecule is Cn1cc(-c2ccc3cnc(NC(=O)c4ccnc(N5CCC6(CC5)CNC6)c4)cc3n2)cn1. The topological polar surface area (TPSA) is 101 Å². The second kappa shape index (κ2) is 8.18. The average molecular weight is 455 g/mol. The van der Waals surface area contributed by atoms with Gasteiger partial charge in [0.1, 0.15) is 11.6 Å². The Kier molecular flexibility index (Phi) is 4.99. The van der Waals surface area contributed by atoms with Crippen molar-refractivity contribution in [1.29, 1.82) is 0 Å². The van der Waals surface area contributed by atoms with Crippen LogP contribution in [-0.2, 0) is 7.05 Å². The molecule has 0 unspecified atom stereocenters. The van der Waals surface area contributed by atoms with Gasteiger partial charge in [-0.05, 0) is 42.5 Å². The smallest absolute Gasteiger partial charge is 0.257 e. The highest BCUT2D eigenvalue weighted by atomic mass is 16.1. The van der Waals surface area contributed by atoms with Crippen LogP contribution in [0, 0.1) is 5.41 Å². The first-order valence-electron chi connectivity index (χ1n) is 11.6. The number of aryl methyl sites for hydroxylation is 1. The highest BCUT2D eigenvalue weighted by Gasteiger charge is 2.39. The van der Waals surface area contributed by atoms with Crippen LogP contribution in [-0.4, -0.2) is 56.8 Å². The molecule has 6 heterocycles. The zero-order chi connectivity index (χ0) is 23.1. The van der Waals surface area contributed by atoms with Crippen molar-refractivity contribution in [2.45, 2.75) is 12.8 Å². The Hall–Kier alpha value is -3.85. The maximum absolute atomic E-state index is 13.0. The van der Waals surface area contributed by atoms with Crippen molar-refractivity contribution in [3.8, 4) is 11.3 Å². The van der Waals surface area contributed by atoms with Crippen LogP contribution in [0.5, 0.6) is 0 Å². The number of nitrogens with one attached hydrogen (secondary N) is 2. The molecule has 2 N–H and O–H groups in total. The molecule has 2 fully saturated rings. The quantitative estimate of drug-likeness (QED) is 0.489. The van der Waals surface area contributed by atoms with Gasteiger partial charge in [-0.2, -0.15) is 5.10 Å². The molecule has 2 aliphatic heterocycles. The van der Waals surface area contributed by atoms with Gasteiger partial charge in [-0.25, -0.2) is 15.0 Å². The summed E-state index contributed by atoms with van der Waals surface area (Å²) in [6.07, 6.45) is 9.45. The second-order valence-electron chi connectivity index (χ2n) is 9.31. The van der Waals surface area contributed by atoms with Crippen LogP contribution in [0.3, 0.4) is 0 Å². The van der Waals surface area contributed by atoms with Crippen molar-refractivity contribution in [3.05, 3.63) is 60.7 Å². The third-order valence-corrected chi connectivity index (χ3v) is 6.97. The normalized spacial score (nSPS) is 17.0. The summed E-state index contributed by atoms with van der Waals surface area (Å²) in [4.78, 5) is 28.9. The van der Waals surface area contributed by atoms with Crippen molar-refractivity contribution in [2.75, 3.05) is 36.4 Å². The molecule has 0 radical (unpaired) electrons. The second-order valence-corrected chi connectivity index (χ2v) is 9.31. The van der Waals surface area contributed by atoms with Crippen molar-refractivity contribution in [3.63, 3.8) is 0 Å². The van der Waals surface area contributed by atoms with Crippen molar-refractivity contribution < 1.29 is 4.79 Å². The van der Waals surface area contributed by atoms with E-state index in [4.69, 9.17) is 4.98 Å². The molecule has 2 aliphatic rings. The molecule has 6 rings (SSSR count). The van der Waals surface area contributed by atoms with E-state index in [2.05, 4.69) is 30.6 Å². The number of piperidine rings is 1. The average Bonchev–Trinajstić information content (AvgIpc) is 3.29. The number of anilines is 2. The Morgan fingerprint density at radius 2 is 1.94 bits per heavy atom. The monoisotopic (exact) mass is 454 g/mol. The minimum atomic E-state index is -0.212. The van der Waals surface area contributed by atoms with E-state index in [1.54, 1.807) is 35.4 Å². The molecule has 172 valence electrons. The minimum Gasteiger partial charge on any atom is -0.357 e. The van der Waals surface area contributed by atoms with Gasteiger partial charge in [-0.1, -0.05) is 0 Å². The summed E-state index contributed by atoms with van der Waals surface area (Å²) < 4.78 is 1.74. The highest BCUT2D eigenvalue weighted by Crippen LogP contribution is 2.36. The van der Waals surface area contributed by atoms with Crippen LogP contribution in [0.1, 0.15) is 23.2 Å². The third-order valence-electron chi connectivity index (χ3n) is 6.97. The van der Waals surface area contributed by atoms with Gasteiger partial charge >= 0.3 is 0 Å². The molecule has 1 spiro atoms. The summed E-state index contributed by atoms with van der Waals surface area (Å²) in [6.45, 7) is 4.18. The van der Waals surface area contributed by atoms with Gasteiger partial charge in [0, 0.05) is 74.4 Å². The standard InChI is InChI=1S/C25H26N8O/c1-32-14-19(13-29-32)20-3-2-18-12-28-22(11-21(18)30-20)31-24(34)17-4-7-27-23(10-17)33-8-5-25(6-9-33)15-26-16-25/h2-4,7,10-14,26H,5-6,8-9,15-16H2,1H3,(H,28,31,34). The molecule has 0 atom stereocenters. The minimum absolute atomic E-state index is 0.212. The van der Waals surface area contributed by atoms with Crippen LogP contribution in [0.4, 0.5) is 11.6 Å². The first kappa shape index (κ1) is 20.7. The summed E-state index contributed by atoms with van der Waals surface area (Å²) in [5, 5.41) is 11.4. The van der Waals surface area contributed by atoms with Crippen LogP contribution in [0.25, 0.3) is 22.2 Å². The lowest BCUT2D eigenvalue weighted by Crippen LogP contribution is -2.58. The fourth-order valence-electron chi connectivity index (χ4n) is 4.76. The first-order valence-corrected chi connectivity index (χ1v) is 11.6. The van der Waals surface area contributed by atoms with Gasteiger partial charge in [0.15, 0.2) is 0 Å². The number of nitrogens with zero attached hydrogens (tertiary/aromatic N) is 6. The molecule has 4 aromatic rings. The molecular weight excluding hydrogens is 428 g/mol. The predicted molar refractivity (Wildman–Crippen MR) is 131 cm³/mol. The van der Waals surface area contributed by atoms with E-state index >= 15 is 0 Å². The number of fused-ring (bicyclic) bond motifs is 1. The molecule has 34 heavy (non-hydrogen) atoms. The molecule has 1 amide bonds. The Balaban J connectivity index is 1.19. The van der Waals surface area contributed by atoms with E-state index < -0.39 is 0 Å². The van der Waals surface area contributed by atoms with Crippen LogP contribution in [0.2, 0.25) is 0 Å². The summed E-state index contributed by atoms with van der Waals surface area (Å²) in [5.41, 5.74) is 3.56. The van der Waals surface area contributed by atoms with E-state index in [9.17, 15) is 4.79 Å². The lowest BCUT2D eigenvalue weighted by atomic mass is 9.73. The zero-order valence-electron chi connectivity index (χ0n) is 19.0. The van der Waals surface area contributed by atoms with Crippen molar-refractivity contribution in [1.82, 2.24) is 30.0 Å².